The highest BCUT2D eigenvalue weighted by Crippen LogP contribution is 2.49. The number of hydrogen-bond donors (Lipinski definition) is 1. The molecular formula is C32H29N3O5. The van der Waals surface area contributed by atoms with Gasteiger partial charge in [-0.05, 0) is 68.0 Å². The maximum absolute atomic E-state index is 12.7. The fraction of sp³-hybridized carbons (Fsp3) is 0.250. The number of anilines is 1. The van der Waals surface area contributed by atoms with Crippen molar-refractivity contribution in [2.24, 2.45) is 0 Å². The number of nitrogens with one attached hydrogen (secondary N) is 1. The van der Waals surface area contributed by atoms with E-state index >= 15 is 0 Å². The van der Waals surface area contributed by atoms with E-state index in [1.54, 1.807) is 38.1 Å². The third-order valence-electron chi connectivity index (χ3n) is 7.22. The Bertz CT molecular complexity index is 1560. The molecule has 202 valence electrons. The van der Waals surface area contributed by atoms with E-state index in [2.05, 4.69) is 16.5 Å². The van der Waals surface area contributed by atoms with E-state index in [1.165, 1.54) is 0 Å². The zero-order valence-electron chi connectivity index (χ0n) is 22.6. The van der Waals surface area contributed by atoms with Crippen LogP contribution in [0.1, 0.15) is 55.2 Å². The van der Waals surface area contributed by atoms with Crippen LogP contribution in [0.25, 0.3) is 22.5 Å². The SMILES string of the molecule is CCOC(=O)C1(c2ccc(-c3ccc(-c4onc(C)c4NC(=O)OC(C)c4ccc(C#N)cc4)cc3)cc2)CC1. The van der Waals surface area contributed by atoms with Gasteiger partial charge in [0.15, 0.2) is 5.76 Å². The van der Waals surface area contributed by atoms with E-state index in [0.717, 1.165) is 40.7 Å². The predicted octanol–water partition coefficient (Wildman–Crippen LogP) is 7.09. The molecule has 1 aliphatic carbocycles. The number of carbonyl (C=O) groups excluding carboxylic acids is 2. The van der Waals surface area contributed by atoms with Crippen molar-refractivity contribution in [2.75, 3.05) is 11.9 Å². The van der Waals surface area contributed by atoms with Gasteiger partial charge < -0.3 is 14.0 Å². The number of nitriles is 1. The quantitative estimate of drug-likeness (QED) is 0.239. The first-order valence-electron chi connectivity index (χ1n) is 13.2. The van der Waals surface area contributed by atoms with Crippen molar-refractivity contribution in [2.45, 2.75) is 45.1 Å². The smallest absolute Gasteiger partial charge is 0.412 e. The van der Waals surface area contributed by atoms with Gasteiger partial charge in [-0.25, -0.2) is 4.79 Å². The van der Waals surface area contributed by atoms with Crippen molar-refractivity contribution < 1.29 is 23.6 Å². The van der Waals surface area contributed by atoms with Gasteiger partial charge in [-0.3, -0.25) is 10.1 Å². The van der Waals surface area contributed by atoms with E-state index in [9.17, 15) is 9.59 Å². The summed E-state index contributed by atoms with van der Waals surface area (Å²) in [4.78, 5) is 25.1. The van der Waals surface area contributed by atoms with E-state index in [4.69, 9.17) is 19.3 Å². The summed E-state index contributed by atoms with van der Waals surface area (Å²) in [7, 11) is 0. The molecule has 5 rings (SSSR count). The van der Waals surface area contributed by atoms with E-state index in [0.29, 0.717) is 29.3 Å². The van der Waals surface area contributed by atoms with Gasteiger partial charge in [-0.15, -0.1) is 0 Å². The summed E-state index contributed by atoms with van der Waals surface area (Å²) < 4.78 is 16.4. The number of hydrogen-bond acceptors (Lipinski definition) is 7. The number of amides is 1. The largest absolute Gasteiger partial charge is 0.465 e. The van der Waals surface area contributed by atoms with E-state index < -0.39 is 17.6 Å². The van der Waals surface area contributed by atoms with Crippen LogP contribution in [0.4, 0.5) is 10.5 Å². The molecule has 1 aromatic heterocycles. The van der Waals surface area contributed by atoms with E-state index in [-0.39, 0.29) is 5.97 Å². The Kier molecular flexibility index (Phi) is 7.39. The van der Waals surface area contributed by atoms with Crippen molar-refractivity contribution >= 4 is 17.7 Å². The van der Waals surface area contributed by atoms with E-state index in [1.807, 2.05) is 55.5 Å². The first kappa shape index (κ1) is 26.7. The number of carbonyl (C=O) groups is 2. The molecule has 40 heavy (non-hydrogen) atoms. The van der Waals surface area contributed by atoms with Gasteiger partial charge in [0, 0.05) is 5.56 Å². The van der Waals surface area contributed by atoms with Gasteiger partial charge in [0.25, 0.3) is 0 Å². The van der Waals surface area contributed by atoms with Crippen LogP contribution in [-0.2, 0) is 19.7 Å². The van der Waals surface area contributed by atoms with Crippen molar-refractivity contribution in [1.82, 2.24) is 5.16 Å². The maximum Gasteiger partial charge on any atom is 0.412 e. The molecule has 0 radical (unpaired) electrons. The number of benzene rings is 3. The highest BCUT2D eigenvalue weighted by molar-refractivity contribution is 5.91. The Morgan fingerprint density at radius 2 is 1.60 bits per heavy atom. The minimum Gasteiger partial charge on any atom is -0.465 e. The Morgan fingerprint density at radius 3 is 2.17 bits per heavy atom. The van der Waals surface area contributed by atoms with Crippen molar-refractivity contribution in [3.63, 3.8) is 0 Å². The van der Waals surface area contributed by atoms with Crippen LogP contribution >= 0.6 is 0 Å². The van der Waals surface area contributed by atoms with Gasteiger partial charge in [-0.1, -0.05) is 65.8 Å². The summed E-state index contributed by atoms with van der Waals surface area (Å²) >= 11 is 0. The summed E-state index contributed by atoms with van der Waals surface area (Å²) in [5.74, 6) is 0.277. The second kappa shape index (κ2) is 11.1. The third-order valence-corrected chi connectivity index (χ3v) is 7.22. The third kappa shape index (κ3) is 5.32. The zero-order chi connectivity index (χ0) is 28.3. The molecule has 0 saturated heterocycles. The molecule has 3 aromatic carbocycles. The number of nitrogens with zero attached hydrogens (tertiary/aromatic N) is 2. The number of ether oxygens (including phenoxy) is 2. The molecule has 8 nitrogen and oxygen atoms in total. The van der Waals surface area contributed by atoms with Crippen LogP contribution in [0.2, 0.25) is 0 Å². The molecule has 0 bridgehead atoms. The molecule has 1 amide bonds. The van der Waals surface area contributed by atoms with Crippen LogP contribution in [0.3, 0.4) is 0 Å². The molecule has 1 atom stereocenters. The lowest BCUT2D eigenvalue weighted by atomic mass is 9.93. The molecule has 4 aromatic rings. The summed E-state index contributed by atoms with van der Waals surface area (Å²) in [5, 5.41) is 15.8. The molecule has 1 unspecified atom stereocenters. The number of aromatic nitrogens is 1. The monoisotopic (exact) mass is 535 g/mol. The molecule has 1 heterocycles. The topological polar surface area (TPSA) is 114 Å². The van der Waals surface area contributed by atoms with Crippen LogP contribution in [0.5, 0.6) is 0 Å². The second-order valence-corrected chi connectivity index (χ2v) is 9.84. The minimum atomic E-state index is -0.641. The highest BCUT2D eigenvalue weighted by atomic mass is 16.6. The summed E-state index contributed by atoms with van der Waals surface area (Å²) in [6.45, 7) is 5.71. The van der Waals surface area contributed by atoms with Crippen molar-refractivity contribution in [1.29, 1.82) is 5.26 Å². The van der Waals surface area contributed by atoms with Gasteiger partial charge >= 0.3 is 12.1 Å². The fourth-order valence-electron chi connectivity index (χ4n) is 4.70. The Hall–Kier alpha value is -4.90. The molecule has 1 aliphatic rings. The van der Waals surface area contributed by atoms with Crippen molar-refractivity contribution in [3.05, 3.63) is 95.2 Å². The fourth-order valence-corrected chi connectivity index (χ4v) is 4.70. The maximum atomic E-state index is 12.7. The first-order chi connectivity index (χ1) is 19.3. The summed E-state index contributed by atoms with van der Waals surface area (Å²) in [6, 6.07) is 24.7. The summed E-state index contributed by atoms with van der Waals surface area (Å²) in [5.41, 5.74) is 5.51. The Balaban J connectivity index is 1.27. The lowest BCUT2D eigenvalue weighted by Crippen LogP contribution is -2.23. The molecule has 0 spiro atoms. The minimum absolute atomic E-state index is 0.147. The molecule has 1 saturated carbocycles. The van der Waals surface area contributed by atoms with Crippen LogP contribution in [0, 0.1) is 18.3 Å². The normalized spacial score (nSPS) is 14.1. The van der Waals surface area contributed by atoms with Crippen LogP contribution < -0.4 is 5.32 Å². The average molecular weight is 536 g/mol. The molecule has 8 heteroatoms. The molecule has 0 aliphatic heterocycles. The zero-order valence-corrected chi connectivity index (χ0v) is 22.6. The highest BCUT2D eigenvalue weighted by Gasteiger charge is 2.52. The summed E-state index contributed by atoms with van der Waals surface area (Å²) in [6.07, 6.45) is 0.468. The first-order valence-corrected chi connectivity index (χ1v) is 13.2. The van der Waals surface area contributed by atoms with Crippen LogP contribution in [-0.4, -0.2) is 23.8 Å². The van der Waals surface area contributed by atoms with Gasteiger partial charge in [0.2, 0.25) is 0 Å². The Morgan fingerprint density at radius 1 is 1.00 bits per heavy atom. The number of rotatable bonds is 8. The Labute approximate surface area is 232 Å². The number of aryl methyl sites for hydroxylation is 1. The second-order valence-electron chi connectivity index (χ2n) is 9.84. The molecular weight excluding hydrogens is 506 g/mol. The standard InChI is InChI=1S/C32H29N3O5/c1-4-38-30(36)32(17-18-32)27-15-13-25(14-16-27)24-9-11-26(12-10-24)29-28(20(2)35-40-29)34-31(37)39-21(3)23-7-5-22(19-33)6-8-23/h5-16,21H,4,17-18H2,1-3H3,(H,34,37). The number of esters is 1. The lowest BCUT2D eigenvalue weighted by Gasteiger charge is -2.15. The van der Waals surface area contributed by atoms with Crippen molar-refractivity contribution in [3.8, 4) is 28.5 Å². The van der Waals surface area contributed by atoms with Gasteiger partial charge in [-0.2, -0.15) is 5.26 Å². The molecule has 1 N–H and O–H groups in total. The van der Waals surface area contributed by atoms with Gasteiger partial charge in [0.1, 0.15) is 17.5 Å². The average Bonchev–Trinajstić information content (AvgIpc) is 3.72. The van der Waals surface area contributed by atoms with Gasteiger partial charge in [0.05, 0.1) is 23.7 Å². The predicted molar refractivity (Wildman–Crippen MR) is 149 cm³/mol. The molecule has 1 fully saturated rings. The van der Waals surface area contributed by atoms with Crippen LogP contribution in [0.15, 0.2) is 77.3 Å². The lowest BCUT2D eigenvalue weighted by molar-refractivity contribution is -0.146.